The van der Waals surface area contributed by atoms with Crippen molar-refractivity contribution >= 4 is 12.0 Å². The van der Waals surface area contributed by atoms with Gasteiger partial charge in [0.05, 0.1) is 17.9 Å². The molecule has 32 heavy (non-hydrogen) atoms. The highest BCUT2D eigenvalue weighted by molar-refractivity contribution is 5.95. The lowest BCUT2D eigenvalue weighted by Crippen LogP contribution is -2.40. The van der Waals surface area contributed by atoms with Crippen molar-refractivity contribution in [2.75, 3.05) is 13.1 Å². The minimum absolute atomic E-state index is 0.0126. The number of aromatic nitrogens is 3. The number of carbonyl (C=O) groups excluding carboxylic acids is 1. The van der Waals surface area contributed by atoms with Gasteiger partial charge < -0.3 is 15.3 Å². The van der Waals surface area contributed by atoms with E-state index in [9.17, 15) is 27.6 Å². The average molecular weight is 453 g/mol. The fraction of sp³-hybridized carbons (Fsp3) is 0.450. The van der Waals surface area contributed by atoms with Crippen molar-refractivity contribution < 1.29 is 27.9 Å². The van der Waals surface area contributed by atoms with Crippen LogP contribution in [0.1, 0.15) is 52.0 Å². The summed E-state index contributed by atoms with van der Waals surface area (Å²) in [6.45, 7) is 1.79. The van der Waals surface area contributed by atoms with Crippen LogP contribution in [0.5, 0.6) is 0 Å². The van der Waals surface area contributed by atoms with Gasteiger partial charge in [0, 0.05) is 26.1 Å². The zero-order valence-corrected chi connectivity index (χ0v) is 17.4. The predicted octanol–water partition coefficient (Wildman–Crippen LogP) is 2.29. The Labute approximate surface area is 180 Å². The van der Waals surface area contributed by atoms with Gasteiger partial charge in [-0.1, -0.05) is 6.07 Å². The topological polar surface area (TPSA) is 117 Å². The van der Waals surface area contributed by atoms with E-state index in [0.29, 0.717) is 18.7 Å². The predicted molar refractivity (Wildman–Crippen MR) is 106 cm³/mol. The Hall–Kier alpha value is -3.44. The van der Waals surface area contributed by atoms with Crippen LogP contribution in [-0.2, 0) is 19.8 Å². The van der Waals surface area contributed by atoms with Gasteiger partial charge in [-0.15, -0.1) is 0 Å². The Kier molecular flexibility index (Phi) is 6.51. The number of piperidine rings is 1. The van der Waals surface area contributed by atoms with Crippen LogP contribution in [-0.4, -0.2) is 49.6 Å². The molecule has 0 aromatic carbocycles. The van der Waals surface area contributed by atoms with Crippen LogP contribution in [0.2, 0.25) is 0 Å². The monoisotopic (exact) mass is 453 g/mol. The Morgan fingerprint density at radius 2 is 1.88 bits per heavy atom. The number of rotatable bonds is 4. The molecule has 2 aromatic rings. The SMILES string of the molecule is Cc1nc(C2CCN(C(=O)O)CC2)c(C(=O)NCc2cccc(C(F)(F)F)n2)c(=O)n1C. The quantitative estimate of drug-likeness (QED) is 0.734. The van der Waals surface area contributed by atoms with Crippen molar-refractivity contribution in [3.8, 4) is 0 Å². The molecule has 2 amide bonds. The van der Waals surface area contributed by atoms with Crippen LogP contribution in [0.25, 0.3) is 0 Å². The van der Waals surface area contributed by atoms with E-state index in [0.717, 1.165) is 6.07 Å². The molecule has 9 nitrogen and oxygen atoms in total. The number of hydrogen-bond donors (Lipinski definition) is 2. The summed E-state index contributed by atoms with van der Waals surface area (Å²) in [5.41, 5.74) is -1.60. The van der Waals surface area contributed by atoms with Crippen molar-refractivity contribution in [3.05, 3.63) is 57.0 Å². The van der Waals surface area contributed by atoms with E-state index in [2.05, 4.69) is 15.3 Å². The summed E-state index contributed by atoms with van der Waals surface area (Å²) in [6.07, 6.45) is -4.87. The number of nitrogens with one attached hydrogen (secondary N) is 1. The number of nitrogens with zero attached hydrogens (tertiary/aromatic N) is 4. The van der Waals surface area contributed by atoms with Crippen molar-refractivity contribution in [3.63, 3.8) is 0 Å². The summed E-state index contributed by atoms with van der Waals surface area (Å²) in [7, 11) is 1.46. The third-order valence-electron chi connectivity index (χ3n) is 5.45. The molecule has 0 aliphatic carbocycles. The van der Waals surface area contributed by atoms with Crippen LogP contribution in [0, 0.1) is 6.92 Å². The van der Waals surface area contributed by atoms with Crippen molar-refractivity contribution in [2.45, 2.75) is 38.4 Å². The van der Waals surface area contributed by atoms with Crippen LogP contribution < -0.4 is 10.9 Å². The molecule has 3 heterocycles. The minimum Gasteiger partial charge on any atom is -0.465 e. The fourth-order valence-corrected chi connectivity index (χ4v) is 3.58. The van der Waals surface area contributed by atoms with Crippen LogP contribution in [0.3, 0.4) is 0 Å². The van der Waals surface area contributed by atoms with Crippen molar-refractivity contribution in [2.24, 2.45) is 7.05 Å². The molecular formula is C20H22F3N5O4. The molecule has 0 bridgehead atoms. The lowest BCUT2D eigenvalue weighted by Gasteiger charge is -2.30. The van der Waals surface area contributed by atoms with E-state index in [1.807, 2.05) is 0 Å². The fourth-order valence-electron chi connectivity index (χ4n) is 3.58. The molecule has 2 aromatic heterocycles. The highest BCUT2D eigenvalue weighted by Crippen LogP contribution is 2.29. The van der Waals surface area contributed by atoms with Gasteiger partial charge >= 0.3 is 12.3 Å². The number of amides is 2. The molecule has 0 saturated carbocycles. The first-order chi connectivity index (χ1) is 15.0. The van der Waals surface area contributed by atoms with Gasteiger partial charge in [-0.25, -0.2) is 14.8 Å². The molecule has 1 saturated heterocycles. The average Bonchev–Trinajstić information content (AvgIpc) is 2.75. The van der Waals surface area contributed by atoms with Crippen LogP contribution in [0.15, 0.2) is 23.0 Å². The first-order valence-corrected chi connectivity index (χ1v) is 9.85. The third-order valence-corrected chi connectivity index (χ3v) is 5.45. The molecule has 172 valence electrons. The molecule has 0 unspecified atom stereocenters. The second kappa shape index (κ2) is 8.97. The number of carbonyl (C=O) groups is 2. The minimum atomic E-state index is -4.62. The second-order valence-electron chi connectivity index (χ2n) is 7.52. The normalized spacial score (nSPS) is 15.0. The van der Waals surface area contributed by atoms with Gasteiger partial charge in [0.2, 0.25) is 0 Å². The van der Waals surface area contributed by atoms with E-state index < -0.39 is 29.4 Å². The van der Waals surface area contributed by atoms with Gasteiger partial charge in [0.1, 0.15) is 17.1 Å². The summed E-state index contributed by atoms with van der Waals surface area (Å²) >= 11 is 0. The van der Waals surface area contributed by atoms with Crippen LogP contribution >= 0.6 is 0 Å². The highest BCUT2D eigenvalue weighted by Gasteiger charge is 2.33. The molecule has 0 atom stereocenters. The smallest absolute Gasteiger partial charge is 0.433 e. The maximum absolute atomic E-state index is 12.9. The number of carboxylic acid groups (broad SMARTS) is 1. The van der Waals surface area contributed by atoms with Gasteiger partial charge in [-0.3, -0.25) is 14.2 Å². The molecule has 1 aliphatic heterocycles. The summed E-state index contributed by atoms with van der Waals surface area (Å²) in [5.74, 6) is -0.680. The Bertz CT molecular complexity index is 1090. The van der Waals surface area contributed by atoms with E-state index >= 15 is 0 Å². The highest BCUT2D eigenvalue weighted by atomic mass is 19.4. The van der Waals surface area contributed by atoms with Crippen LogP contribution in [0.4, 0.5) is 18.0 Å². The Morgan fingerprint density at radius 1 is 1.22 bits per heavy atom. The maximum Gasteiger partial charge on any atom is 0.433 e. The first-order valence-electron chi connectivity index (χ1n) is 9.85. The van der Waals surface area contributed by atoms with Crippen molar-refractivity contribution in [1.82, 2.24) is 24.8 Å². The lowest BCUT2D eigenvalue weighted by atomic mass is 9.90. The number of aryl methyl sites for hydroxylation is 1. The molecule has 0 radical (unpaired) electrons. The van der Waals surface area contributed by atoms with E-state index in [4.69, 9.17) is 5.11 Å². The third kappa shape index (κ3) is 4.89. The largest absolute Gasteiger partial charge is 0.465 e. The number of likely N-dealkylation sites (tertiary alicyclic amines) is 1. The lowest BCUT2D eigenvalue weighted by molar-refractivity contribution is -0.141. The molecule has 0 spiro atoms. The molecule has 1 fully saturated rings. The summed E-state index contributed by atoms with van der Waals surface area (Å²) < 4.78 is 39.8. The number of alkyl halides is 3. The molecule has 12 heteroatoms. The molecule has 3 rings (SSSR count). The van der Waals surface area contributed by atoms with E-state index in [-0.39, 0.29) is 42.5 Å². The molecule has 1 aliphatic rings. The maximum atomic E-state index is 12.9. The van der Waals surface area contributed by atoms with Gasteiger partial charge in [0.25, 0.3) is 11.5 Å². The Morgan fingerprint density at radius 3 is 2.47 bits per heavy atom. The zero-order valence-electron chi connectivity index (χ0n) is 17.4. The van der Waals surface area contributed by atoms with Gasteiger partial charge in [-0.05, 0) is 31.9 Å². The summed E-state index contributed by atoms with van der Waals surface area (Å²) in [5, 5.41) is 11.6. The summed E-state index contributed by atoms with van der Waals surface area (Å²) in [4.78, 5) is 46.1. The van der Waals surface area contributed by atoms with Gasteiger partial charge in [-0.2, -0.15) is 13.2 Å². The first kappa shape index (κ1) is 23.2. The summed E-state index contributed by atoms with van der Waals surface area (Å²) in [6, 6.07) is 3.35. The zero-order chi connectivity index (χ0) is 23.6. The molecular weight excluding hydrogens is 431 g/mol. The van der Waals surface area contributed by atoms with E-state index in [1.165, 1.54) is 28.6 Å². The van der Waals surface area contributed by atoms with Crippen molar-refractivity contribution in [1.29, 1.82) is 0 Å². The number of hydrogen-bond acceptors (Lipinski definition) is 5. The number of halogens is 3. The Balaban J connectivity index is 1.85. The number of pyridine rings is 1. The van der Waals surface area contributed by atoms with Gasteiger partial charge in [0.15, 0.2) is 0 Å². The standard InChI is InChI=1S/C20H22F3N5O4/c1-11-25-16(12-6-8-28(9-7-12)19(31)32)15(18(30)27(11)2)17(29)24-10-13-4-3-5-14(26-13)20(21,22)23/h3-5,12H,6-10H2,1-2H3,(H,24,29)(H,31,32). The molecule has 2 N–H and O–H groups in total. The second-order valence-corrected chi connectivity index (χ2v) is 7.52. The van der Waals surface area contributed by atoms with E-state index in [1.54, 1.807) is 6.92 Å².